The highest BCUT2D eigenvalue weighted by atomic mass is 16.5. The summed E-state index contributed by atoms with van der Waals surface area (Å²) in [4.78, 5) is 11.6. The summed E-state index contributed by atoms with van der Waals surface area (Å²) in [5, 5.41) is 11.0. The Morgan fingerprint density at radius 3 is 2.33 bits per heavy atom. The lowest BCUT2D eigenvalue weighted by Crippen LogP contribution is -2.15. The fourth-order valence-electron chi connectivity index (χ4n) is 2.00. The highest BCUT2D eigenvalue weighted by Gasteiger charge is 2.12. The van der Waals surface area contributed by atoms with E-state index in [4.69, 9.17) is 0 Å². The van der Waals surface area contributed by atoms with E-state index < -0.39 is 0 Å². The number of carbonyl (C=O) groups is 1. The van der Waals surface area contributed by atoms with Crippen molar-refractivity contribution in [3.05, 3.63) is 35.1 Å². The molecular weight excluding hydrogens is 226 g/mol. The van der Waals surface area contributed by atoms with Gasteiger partial charge in [0.25, 0.3) is 0 Å². The average Bonchev–Trinajstić information content (AvgIpc) is 2.31. The average molecular weight is 249 g/mol. The number of ketones is 1. The number of hydroxylamine groups is 2. The maximum absolute atomic E-state index is 11.6. The van der Waals surface area contributed by atoms with E-state index in [1.807, 2.05) is 12.2 Å². The van der Waals surface area contributed by atoms with Crippen LogP contribution >= 0.6 is 0 Å². The Morgan fingerprint density at radius 1 is 1.17 bits per heavy atom. The molecule has 0 bridgehead atoms. The Labute approximate surface area is 109 Å². The van der Waals surface area contributed by atoms with Crippen molar-refractivity contribution in [3.8, 4) is 0 Å². The van der Waals surface area contributed by atoms with E-state index in [2.05, 4.69) is 6.92 Å². The third-order valence-corrected chi connectivity index (χ3v) is 3.02. The first-order chi connectivity index (χ1) is 8.54. The van der Waals surface area contributed by atoms with Crippen molar-refractivity contribution in [2.45, 2.75) is 46.5 Å². The molecule has 0 heterocycles. The molecule has 1 rings (SSSR count). The Kier molecular flexibility index (Phi) is 5.86. The zero-order valence-corrected chi connectivity index (χ0v) is 11.6. The third-order valence-electron chi connectivity index (χ3n) is 3.02. The Hall–Kier alpha value is -1.35. The van der Waals surface area contributed by atoms with Gasteiger partial charge in [0.1, 0.15) is 0 Å². The molecular formula is C15H23NO2. The number of hydrogen-bond donors (Lipinski definition) is 1. The number of rotatable bonds is 6. The first-order valence-electron chi connectivity index (χ1n) is 6.63. The predicted octanol–water partition coefficient (Wildman–Crippen LogP) is 3.62. The summed E-state index contributed by atoms with van der Waals surface area (Å²) in [5.41, 5.74) is 2.32. The van der Waals surface area contributed by atoms with E-state index in [0.717, 1.165) is 29.6 Å². The molecule has 0 aromatic rings. The summed E-state index contributed by atoms with van der Waals surface area (Å²) in [7, 11) is 0. The monoisotopic (exact) mass is 249 g/mol. The van der Waals surface area contributed by atoms with Crippen LogP contribution in [0.5, 0.6) is 0 Å². The maximum Gasteiger partial charge on any atom is 0.184 e. The molecule has 100 valence electrons. The molecule has 0 unspecified atom stereocenters. The van der Waals surface area contributed by atoms with E-state index in [1.54, 1.807) is 20.0 Å². The molecule has 1 N–H and O–H groups in total. The zero-order valence-electron chi connectivity index (χ0n) is 11.6. The van der Waals surface area contributed by atoms with Crippen molar-refractivity contribution in [1.29, 1.82) is 0 Å². The summed E-state index contributed by atoms with van der Waals surface area (Å²) in [6, 6.07) is 0. The fourth-order valence-corrected chi connectivity index (χ4v) is 2.00. The van der Waals surface area contributed by atoms with Crippen molar-refractivity contribution < 1.29 is 10.0 Å². The number of nitrogens with zero attached hydrogens (tertiary/aromatic N) is 1. The van der Waals surface area contributed by atoms with Crippen LogP contribution in [0, 0.1) is 0 Å². The minimum absolute atomic E-state index is 0.0829. The highest BCUT2D eigenvalue weighted by molar-refractivity contribution is 6.09. The van der Waals surface area contributed by atoms with Crippen LogP contribution < -0.4 is 0 Å². The lowest BCUT2D eigenvalue weighted by Gasteiger charge is -2.15. The summed E-state index contributed by atoms with van der Waals surface area (Å²) in [6.07, 6.45) is 9.83. The Bertz CT molecular complexity index is 367. The van der Waals surface area contributed by atoms with Crippen molar-refractivity contribution in [2.24, 2.45) is 0 Å². The second-order valence-corrected chi connectivity index (χ2v) is 4.84. The van der Waals surface area contributed by atoms with Gasteiger partial charge in [-0.15, -0.1) is 0 Å². The van der Waals surface area contributed by atoms with E-state index in [9.17, 15) is 10.0 Å². The maximum atomic E-state index is 11.6. The van der Waals surface area contributed by atoms with Gasteiger partial charge in [-0.3, -0.25) is 15.1 Å². The molecule has 0 aliphatic heterocycles. The van der Waals surface area contributed by atoms with Gasteiger partial charge in [-0.1, -0.05) is 26.2 Å². The van der Waals surface area contributed by atoms with Gasteiger partial charge in [0, 0.05) is 12.7 Å². The van der Waals surface area contributed by atoms with E-state index in [0.29, 0.717) is 6.54 Å². The fraction of sp³-hybridized carbons (Fsp3) is 0.533. The smallest absolute Gasteiger partial charge is 0.184 e. The number of carbonyl (C=O) groups excluding carboxylic acids is 1. The zero-order chi connectivity index (χ0) is 13.5. The number of allylic oxidation sites excluding steroid dienone is 5. The number of unbranched alkanes of at least 4 members (excludes halogenated alkanes) is 3. The van der Waals surface area contributed by atoms with Gasteiger partial charge in [-0.2, -0.15) is 0 Å². The van der Waals surface area contributed by atoms with Crippen LogP contribution in [0.4, 0.5) is 0 Å². The second-order valence-electron chi connectivity index (χ2n) is 4.84. The van der Waals surface area contributed by atoms with Crippen LogP contribution in [0.25, 0.3) is 0 Å². The lowest BCUT2D eigenvalue weighted by atomic mass is 9.96. The molecule has 0 saturated carbocycles. The molecule has 0 atom stereocenters. The molecule has 18 heavy (non-hydrogen) atoms. The van der Waals surface area contributed by atoms with Crippen LogP contribution in [-0.2, 0) is 4.79 Å². The van der Waals surface area contributed by atoms with Crippen molar-refractivity contribution in [3.63, 3.8) is 0 Å². The van der Waals surface area contributed by atoms with Crippen LogP contribution in [0.2, 0.25) is 0 Å². The van der Waals surface area contributed by atoms with Crippen molar-refractivity contribution in [1.82, 2.24) is 5.06 Å². The molecule has 0 radical (unpaired) electrons. The van der Waals surface area contributed by atoms with Gasteiger partial charge < -0.3 is 0 Å². The highest BCUT2D eigenvalue weighted by Crippen LogP contribution is 2.18. The molecule has 0 aromatic carbocycles. The molecule has 0 fully saturated rings. The summed E-state index contributed by atoms with van der Waals surface area (Å²) < 4.78 is 0. The minimum atomic E-state index is 0.0829. The van der Waals surface area contributed by atoms with Crippen LogP contribution in [0.15, 0.2) is 35.1 Å². The molecule has 1 aliphatic rings. The normalized spacial score (nSPS) is 15.3. The Balaban J connectivity index is 2.53. The van der Waals surface area contributed by atoms with E-state index in [-0.39, 0.29) is 5.78 Å². The predicted molar refractivity (Wildman–Crippen MR) is 73.2 cm³/mol. The second kappa shape index (κ2) is 7.17. The summed E-state index contributed by atoms with van der Waals surface area (Å²) in [5.74, 6) is 0.0829. The summed E-state index contributed by atoms with van der Waals surface area (Å²) >= 11 is 0. The van der Waals surface area contributed by atoms with Gasteiger partial charge >= 0.3 is 0 Å². The summed E-state index contributed by atoms with van der Waals surface area (Å²) in [6.45, 7) is 6.40. The molecule has 3 nitrogen and oxygen atoms in total. The molecule has 1 aliphatic carbocycles. The largest absolute Gasteiger partial charge is 0.289 e. The SMILES string of the molecule is CCCCCCN(O)C=C1C=C(C)C(=O)C(C)=C1. The molecule has 0 spiro atoms. The topological polar surface area (TPSA) is 40.5 Å². The van der Waals surface area contributed by atoms with Crippen LogP contribution in [0.1, 0.15) is 46.5 Å². The lowest BCUT2D eigenvalue weighted by molar-refractivity contribution is -0.112. The van der Waals surface area contributed by atoms with Gasteiger partial charge in [-0.05, 0) is 49.1 Å². The van der Waals surface area contributed by atoms with Gasteiger partial charge in [0.15, 0.2) is 5.78 Å². The number of Topliss-reactive ketones (excluding diaryl/α,β-unsaturated/α-hetero) is 1. The van der Waals surface area contributed by atoms with Crippen LogP contribution in [0.3, 0.4) is 0 Å². The molecule has 0 aromatic heterocycles. The first-order valence-corrected chi connectivity index (χ1v) is 6.63. The van der Waals surface area contributed by atoms with Crippen molar-refractivity contribution >= 4 is 5.78 Å². The molecule has 3 heteroatoms. The molecule has 0 amide bonds. The van der Waals surface area contributed by atoms with Gasteiger partial charge in [-0.25, -0.2) is 0 Å². The van der Waals surface area contributed by atoms with Crippen LogP contribution in [-0.4, -0.2) is 22.6 Å². The Morgan fingerprint density at radius 2 is 1.78 bits per heavy atom. The quantitative estimate of drug-likeness (QED) is 0.577. The first kappa shape index (κ1) is 14.7. The van der Waals surface area contributed by atoms with E-state index >= 15 is 0 Å². The van der Waals surface area contributed by atoms with Gasteiger partial charge in [0.2, 0.25) is 0 Å². The minimum Gasteiger partial charge on any atom is -0.289 e. The van der Waals surface area contributed by atoms with Crippen molar-refractivity contribution in [2.75, 3.05) is 6.54 Å². The van der Waals surface area contributed by atoms with E-state index in [1.165, 1.54) is 17.9 Å². The molecule has 0 saturated heterocycles. The van der Waals surface area contributed by atoms with Gasteiger partial charge in [0.05, 0.1) is 0 Å². The number of hydrogen-bond acceptors (Lipinski definition) is 3. The standard InChI is InChI=1S/C15H23NO2/c1-4-5-6-7-8-16(18)11-14-9-12(2)15(17)13(3)10-14/h9-11,18H,4-8H2,1-3H3. The third kappa shape index (κ3) is 4.49.